The lowest BCUT2D eigenvalue weighted by atomic mass is 10.1. The molecule has 0 unspecified atom stereocenters. The van der Waals surface area contributed by atoms with Crippen LogP contribution in [0.4, 0.5) is 5.69 Å². The van der Waals surface area contributed by atoms with Crippen LogP contribution in [0.3, 0.4) is 0 Å². The smallest absolute Gasteiger partial charge is 0.261 e. The van der Waals surface area contributed by atoms with Gasteiger partial charge in [-0.25, -0.2) is 8.42 Å². The third-order valence-corrected chi connectivity index (χ3v) is 6.43. The van der Waals surface area contributed by atoms with Crippen molar-refractivity contribution < 1.29 is 17.9 Å². The molecule has 0 bridgehead atoms. The molecule has 3 rings (SSSR count). The molecule has 168 valence electrons. The molecule has 0 saturated carbocycles. The average Bonchev–Trinajstić information content (AvgIpc) is 2.78. The molecule has 0 aliphatic heterocycles. The summed E-state index contributed by atoms with van der Waals surface area (Å²) in [5, 5.41) is 2.85. The van der Waals surface area contributed by atoms with Gasteiger partial charge in [-0.15, -0.1) is 0 Å². The Morgan fingerprint density at radius 1 is 0.906 bits per heavy atom. The Labute approximate surface area is 189 Å². The predicted molar refractivity (Wildman–Crippen MR) is 126 cm³/mol. The number of hydrogen-bond donors (Lipinski definition) is 2. The van der Waals surface area contributed by atoms with Crippen molar-refractivity contribution >= 4 is 21.6 Å². The Morgan fingerprint density at radius 3 is 2.31 bits per heavy atom. The Morgan fingerprint density at radius 2 is 1.62 bits per heavy atom. The number of anilines is 1. The van der Waals surface area contributed by atoms with Crippen LogP contribution in [0, 0.1) is 13.8 Å². The van der Waals surface area contributed by atoms with E-state index in [1.54, 1.807) is 42.5 Å². The van der Waals surface area contributed by atoms with Gasteiger partial charge in [0, 0.05) is 24.4 Å². The fourth-order valence-corrected chi connectivity index (χ4v) is 4.17. The van der Waals surface area contributed by atoms with Crippen LogP contribution >= 0.6 is 0 Å². The zero-order valence-electron chi connectivity index (χ0n) is 18.3. The zero-order chi connectivity index (χ0) is 23.0. The van der Waals surface area contributed by atoms with Crippen LogP contribution in [0.2, 0.25) is 0 Å². The standard InChI is InChI=1S/C25H28N2O4S/c1-19-9-14-24(17-20(19)2)32(29,30)27-23-12-10-22(11-13-23)25(28)26-15-6-16-31-18-21-7-4-3-5-8-21/h3-5,7-14,17,27H,6,15-16,18H2,1-2H3,(H,26,28). The van der Waals surface area contributed by atoms with Crippen LogP contribution in [0.1, 0.15) is 33.5 Å². The summed E-state index contributed by atoms with van der Waals surface area (Å²) in [5.74, 6) is -0.211. The van der Waals surface area contributed by atoms with E-state index in [1.807, 2.05) is 44.2 Å². The number of ether oxygens (including phenoxy) is 1. The second-order valence-corrected chi connectivity index (χ2v) is 9.26. The highest BCUT2D eigenvalue weighted by Crippen LogP contribution is 2.19. The first-order valence-electron chi connectivity index (χ1n) is 10.5. The topological polar surface area (TPSA) is 84.5 Å². The van der Waals surface area contributed by atoms with E-state index in [9.17, 15) is 13.2 Å². The van der Waals surface area contributed by atoms with Crippen LogP contribution in [-0.4, -0.2) is 27.5 Å². The fourth-order valence-electron chi connectivity index (χ4n) is 3.03. The van der Waals surface area contributed by atoms with Crippen molar-refractivity contribution in [3.05, 3.63) is 95.1 Å². The largest absolute Gasteiger partial charge is 0.377 e. The molecule has 6 nitrogen and oxygen atoms in total. The van der Waals surface area contributed by atoms with Crippen molar-refractivity contribution in [2.75, 3.05) is 17.9 Å². The normalized spacial score (nSPS) is 11.2. The Kier molecular flexibility index (Phi) is 8.03. The molecule has 0 radical (unpaired) electrons. The lowest BCUT2D eigenvalue weighted by molar-refractivity contribution is 0.0934. The molecule has 3 aromatic rings. The maximum Gasteiger partial charge on any atom is 0.261 e. The molecule has 32 heavy (non-hydrogen) atoms. The van der Waals surface area contributed by atoms with Gasteiger partial charge in [-0.1, -0.05) is 36.4 Å². The maximum atomic E-state index is 12.6. The van der Waals surface area contributed by atoms with Crippen molar-refractivity contribution in [3.63, 3.8) is 0 Å². The minimum absolute atomic E-state index is 0.205. The summed E-state index contributed by atoms with van der Waals surface area (Å²) in [6.07, 6.45) is 0.701. The van der Waals surface area contributed by atoms with Crippen molar-refractivity contribution in [2.45, 2.75) is 31.8 Å². The number of rotatable bonds is 10. The first kappa shape index (κ1) is 23.5. The summed E-state index contributed by atoms with van der Waals surface area (Å²) in [4.78, 5) is 12.5. The summed E-state index contributed by atoms with van der Waals surface area (Å²) < 4.78 is 33.4. The molecule has 1 amide bonds. The molecule has 0 atom stereocenters. The Bertz CT molecular complexity index is 1140. The number of amides is 1. The number of sulfonamides is 1. The molecule has 3 aromatic carbocycles. The van der Waals surface area contributed by atoms with E-state index < -0.39 is 10.0 Å². The van der Waals surface area contributed by atoms with E-state index in [-0.39, 0.29) is 10.8 Å². The maximum absolute atomic E-state index is 12.6. The summed E-state index contributed by atoms with van der Waals surface area (Å²) in [6.45, 7) is 5.40. The van der Waals surface area contributed by atoms with E-state index in [2.05, 4.69) is 10.0 Å². The van der Waals surface area contributed by atoms with Gasteiger partial charge in [0.25, 0.3) is 15.9 Å². The zero-order valence-corrected chi connectivity index (χ0v) is 19.1. The lowest BCUT2D eigenvalue weighted by Gasteiger charge is -2.11. The van der Waals surface area contributed by atoms with Gasteiger partial charge in [-0.2, -0.15) is 0 Å². The summed E-state index contributed by atoms with van der Waals surface area (Å²) in [5.41, 5.74) is 3.91. The predicted octanol–water partition coefficient (Wildman–Crippen LogP) is 4.44. The van der Waals surface area contributed by atoms with Crippen LogP contribution in [0.15, 0.2) is 77.7 Å². The molecular formula is C25H28N2O4S. The van der Waals surface area contributed by atoms with Gasteiger partial charge in [-0.05, 0) is 73.4 Å². The van der Waals surface area contributed by atoms with Crippen molar-refractivity contribution in [3.8, 4) is 0 Å². The van der Waals surface area contributed by atoms with E-state index in [4.69, 9.17) is 4.74 Å². The highest BCUT2D eigenvalue weighted by Gasteiger charge is 2.15. The van der Waals surface area contributed by atoms with Crippen LogP contribution < -0.4 is 10.0 Å². The molecule has 0 aliphatic carbocycles. The third kappa shape index (κ3) is 6.67. The van der Waals surface area contributed by atoms with Gasteiger partial charge in [-0.3, -0.25) is 9.52 Å². The molecule has 7 heteroatoms. The van der Waals surface area contributed by atoms with E-state index in [0.717, 1.165) is 16.7 Å². The van der Waals surface area contributed by atoms with Crippen molar-refractivity contribution in [1.82, 2.24) is 5.32 Å². The minimum atomic E-state index is -3.69. The number of aryl methyl sites for hydroxylation is 2. The van der Waals surface area contributed by atoms with Crippen molar-refractivity contribution in [2.24, 2.45) is 0 Å². The molecule has 0 heterocycles. The van der Waals surface area contributed by atoms with Gasteiger partial charge in [0.2, 0.25) is 0 Å². The first-order valence-corrected chi connectivity index (χ1v) is 11.9. The van der Waals surface area contributed by atoms with Crippen LogP contribution in [-0.2, 0) is 21.4 Å². The van der Waals surface area contributed by atoms with E-state index in [0.29, 0.717) is 37.4 Å². The molecule has 0 aromatic heterocycles. The van der Waals surface area contributed by atoms with E-state index >= 15 is 0 Å². The van der Waals surface area contributed by atoms with Gasteiger partial charge < -0.3 is 10.1 Å². The molecule has 0 saturated heterocycles. The van der Waals surface area contributed by atoms with Crippen molar-refractivity contribution in [1.29, 1.82) is 0 Å². The van der Waals surface area contributed by atoms with Crippen LogP contribution in [0.5, 0.6) is 0 Å². The number of benzene rings is 3. The van der Waals surface area contributed by atoms with Gasteiger partial charge >= 0.3 is 0 Å². The molecular weight excluding hydrogens is 424 g/mol. The van der Waals surface area contributed by atoms with Crippen LogP contribution in [0.25, 0.3) is 0 Å². The highest BCUT2D eigenvalue weighted by atomic mass is 32.2. The van der Waals surface area contributed by atoms with Gasteiger partial charge in [0.1, 0.15) is 0 Å². The fraction of sp³-hybridized carbons (Fsp3) is 0.240. The highest BCUT2D eigenvalue weighted by molar-refractivity contribution is 7.92. The second kappa shape index (κ2) is 10.9. The molecule has 0 spiro atoms. The summed E-state index contributed by atoms with van der Waals surface area (Å²) >= 11 is 0. The monoisotopic (exact) mass is 452 g/mol. The number of carbonyl (C=O) groups excluding carboxylic acids is 1. The SMILES string of the molecule is Cc1ccc(S(=O)(=O)Nc2ccc(C(=O)NCCCOCc3ccccc3)cc2)cc1C. The van der Waals surface area contributed by atoms with E-state index in [1.165, 1.54) is 0 Å². The van der Waals surface area contributed by atoms with Gasteiger partial charge in [0.15, 0.2) is 0 Å². The minimum Gasteiger partial charge on any atom is -0.377 e. The number of hydrogen-bond acceptors (Lipinski definition) is 4. The quantitative estimate of drug-likeness (QED) is 0.446. The summed E-state index contributed by atoms with van der Waals surface area (Å²) in [7, 11) is -3.69. The lowest BCUT2D eigenvalue weighted by Crippen LogP contribution is -2.25. The second-order valence-electron chi connectivity index (χ2n) is 7.58. The Balaban J connectivity index is 1.45. The first-order chi connectivity index (χ1) is 15.3. The summed E-state index contributed by atoms with van der Waals surface area (Å²) in [6, 6.07) is 21.3. The van der Waals surface area contributed by atoms with Gasteiger partial charge in [0.05, 0.1) is 11.5 Å². The number of carbonyl (C=O) groups is 1. The number of nitrogens with one attached hydrogen (secondary N) is 2. The molecule has 0 fully saturated rings. The molecule has 2 N–H and O–H groups in total. The third-order valence-electron chi connectivity index (χ3n) is 5.05. The average molecular weight is 453 g/mol. The Hall–Kier alpha value is -3.16. The molecule has 0 aliphatic rings.